The number of para-hydroxylation sites is 2. The van der Waals surface area contributed by atoms with E-state index in [0.717, 1.165) is 11.0 Å². The molecule has 0 saturated carbocycles. The minimum absolute atomic E-state index is 0.404. The van der Waals surface area contributed by atoms with Gasteiger partial charge in [0.15, 0.2) is 0 Å². The van der Waals surface area contributed by atoms with Crippen molar-refractivity contribution in [2.75, 3.05) is 0 Å². The van der Waals surface area contributed by atoms with Gasteiger partial charge in [-0.2, -0.15) is 0 Å². The van der Waals surface area contributed by atoms with Crippen molar-refractivity contribution in [1.29, 1.82) is 0 Å². The summed E-state index contributed by atoms with van der Waals surface area (Å²) in [6.07, 6.45) is 2.38. The molecule has 0 radical (unpaired) electrons. The van der Waals surface area contributed by atoms with E-state index in [9.17, 15) is 0 Å². The van der Waals surface area contributed by atoms with Crippen molar-refractivity contribution in [2.24, 2.45) is 0 Å². The zero-order valence-corrected chi connectivity index (χ0v) is 13.2. The van der Waals surface area contributed by atoms with Gasteiger partial charge < -0.3 is 0 Å². The highest BCUT2D eigenvalue weighted by Crippen LogP contribution is 2.52. The first-order valence-electron chi connectivity index (χ1n) is 8.68. The number of aromatic nitrogens is 2. The molecule has 0 fully saturated rings. The highest BCUT2D eigenvalue weighted by molar-refractivity contribution is 5.83. The summed E-state index contributed by atoms with van der Waals surface area (Å²) in [5.74, 6) is 0.809. The van der Waals surface area contributed by atoms with Crippen LogP contribution < -0.4 is 0 Å². The van der Waals surface area contributed by atoms with E-state index in [-0.39, 0.29) is 0 Å². The number of hydrogen-bond donors (Lipinski definition) is 0. The van der Waals surface area contributed by atoms with Crippen LogP contribution in [0.4, 0.5) is 0 Å². The molecule has 0 unspecified atom stereocenters. The standard InChI is InChI=1S/C22H16N2/c1-3-7-19-13(5-1)11-17-15-9-10-16(21(17)23-19)18-12-14-6-2-4-8-20(14)24-22(15)18/h1-8,11-12,15-16H,9-10H2/t15-,16-/m0/s1. The van der Waals surface area contributed by atoms with E-state index in [2.05, 4.69) is 60.7 Å². The molecule has 2 heteroatoms. The maximum absolute atomic E-state index is 5.05. The largest absolute Gasteiger partial charge is 0.252 e. The molecule has 114 valence electrons. The van der Waals surface area contributed by atoms with Crippen molar-refractivity contribution < 1.29 is 0 Å². The Bertz CT molecular complexity index is 953. The molecule has 4 aromatic rings. The van der Waals surface area contributed by atoms with Crippen LogP contribution >= 0.6 is 0 Å². The Kier molecular flexibility index (Phi) is 2.33. The van der Waals surface area contributed by atoms with Crippen LogP contribution in [0.5, 0.6) is 0 Å². The van der Waals surface area contributed by atoms with Crippen LogP contribution in [0.3, 0.4) is 0 Å². The summed E-state index contributed by atoms with van der Waals surface area (Å²) in [6.45, 7) is 0. The molecule has 24 heavy (non-hydrogen) atoms. The van der Waals surface area contributed by atoms with Crippen molar-refractivity contribution in [3.05, 3.63) is 83.2 Å². The summed E-state index contributed by atoms with van der Waals surface area (Å²) in [7, 11) is 0. The maximum Gasteiger partial charge on any atom is 0.0705 e. The third kappa shape index (κ3) is 1.56. The molecule has 0 saturated heterocycles. The van der Waals surface area contributed by atoms with Crippen LogP contribution in [0.1, 0.15) is 47.2 Å². The van der Waals surface area contributed by atoms with Crippen LogP contribution in [0.15, 0.2) is 60.7 Å². The normalized spacial score (nSPS) is 21.0. The van der Waals surface area contributed by atoms with Crippen LogP contribution in [-0.2, 0) is 0 Å². The van der Waals surface area contributed by atoms with Crippen LogP contribution in [0, 0.1) is 0 Å². The second-order valence-corrected chi connectivity index (χ2v) is 6.99. The van der Waals surface area contributed by atoms with Gasteiger partial charge in [-0.15, -0.1) is 0 Å². The first-order valence-corrected chi connectivity index (χ1v) is 8.68. The fourth-order valence-corrected chi connectivity index (χ4v) is 4.62. The second kappa shape index (κ2) is 4.41. The van der Waals surface area contributed by atoms with E-state index in [0.29, 0.717) is 11.8 Å². The number of hydrogen-bond acceptors (Lipinski definition) is 2. The third-order valence-corrected chi connectivity index (χ3v) is 5.72. The van der Waals surface area contributed by atoms with E-state index in [1.165, 1.54) is 46.1 Å². The minimum Gasteiger partial charge on any atom is -0.252 e. The topological polar surface area (TPSA) is 25.8 Å². The lowest BCUT2D eigenvalue weighted by Gasteiger charge is -2.38. The number of fused-ring (bicyclic) bond motifs is 3. The quantitative estimate of drug-likeness (QED) is 0.449. The number of nitrogens with zero attached hydrogens (tertiary/aromatic N) is 2. The van der Waals surface area contributed by atoms with Crippen LogP contribution in [0.2, 0.25) is 0 Å². The van der Waals surface area contributed by atoms with Gasteiger partial charge in [0.1, 0.15) is 0 Å². The smallest absolute Gasteiger partial charge is 0.0705 e. The van der Waals surface area contributed by atoms with Gasteiger partial charge >= 0.3 is 0 Å². The highest BCUT2D eigenvalue weighted by Gasteiger charge is 2.39. The first kappa shape index (κ1) is 12.7. The highest BCUT2D eigenvalue weighted by atomic mass is 14.8. The van der Waals surface area contributed by atoms with E-state index in [1.807, 2.05) is 0 Å². The zero-order valence-electron chi connectivity index (χ0n) is 13.2. The number of pyridine rings is 2. The molecule has 7 rings (SSSR count). The molecular weight excluding hydrogens is 292 g/mol. The Morgan fingerprint density at radius 1 is 0.625 bits per heavy atom. The van der Waals surface area contributed by atoms with Gasteiger partial charge in [-0.1, -0.05) is 36.4 Å². The monoisotopic (exact) mass is 308 g/mol. The lowest BCUT2D eigenvalue weighted by Crippen LogP contribution is -2.27. The Hall–Kier alpha value is -2.74. The number of benzene rings is 2. The third-order valence-electron chi connectivity index (χ3n) is 5.72. The average Bonchev–Trinajstić information content (AvgIpc) is 2.65. The number of rotatable bonds is 0. The minimum atomic E-state index is 0.404. The molecule has 2 nitrogen and oxygen atoms in total. The molecule has 3 aliphatic carbocycles. The molecule has 2 heterocycles. The predicted molar refractivity (Wildman–Crippen MR) is 96.4 cm³/mol. The van der Waals surface area contributed by atoms with Gasteiger partial charge in [0.05, 0.1) is 22.4 Å². The summed E-state index contributed by atoms with van der Waals surface area (Å²) in [4.78, 5) is 10.1. The maximum atomic E-state index is 5.05. The van der Waals surface area contributed by atoms with Crippen LogP contribution in [-0.4, -0.2) is 9.97 Å². The summed E-state index contributed by atoms with van der Waals surface area (Å²) in [5, 5.41) is 2.48. The second-order valence-electron chi connectivity index (χ2n) is 6.99. The molecule has 2 atom stereocenters. The molecule has 2 aromatic heterocycles. The van der Waals surface area contributed by atoms with Gasteiger partial charge in [0.25, 0.3) is 0 Å². The van der Waals surface area contributed by atoms with Gasteiger partial charge in [-0.05, 0) is 48.2 Å². The summed E-state index contributed by atoms with van der Waals surface area (Å²) >= 11 is 0. The van der Waals surface area contributed by atoms with Crippen molar-refractivity contribution in [3.63, 3.8) is 0 Å². The van der Waals surface area contributed by atoms with Gasteiger partial charge in [0.2, 0.25) is 0 Å². The predicted octanol–water partition coefficient (Wildman–Crippen LogP) is 5.15. The summed E-state index contributed by atoms with van der Waals surface area (Å²) in [6, 6.07) is 21.6. The van der Waals surface area contributed by atoms with E-state index < -0.39 is 0 Å². The van der Waals surface area contributed by atoms with Crippen LogP contribution in [0.25, 0.3) is 21.8 Å². The summed E-state index contributed by atoms with van der Waals surface area (Å²) in [5.41, 5.74) is 7.60. The van der Waals surface area contributed by atoms with Gasteiger partial charge in [0, 0.05) is 22.6 Å². The van der Waals surface area contributed by atoms with Crippen molar-refractivity contribution in [3.8, 4) is 0 Å². The first-order chi connectivity index (χ1) is 11.9. The molecule has 0 N–H and O–H groups in total. The Balaban J connectivity index is 1.67. The fourth-order valence-electron chi connectivity index (χ4n) is 4.62. The molecule has 3 aliphatic rings. The van der Waals surface area contributed by atoms with Gasteiger partial charge in [-0.3, -0.25) is 9.97 Å². The molecule has 0 amide bonds. The fraction of sp³-hybridized carbons (Fsp3) is 0.182. The Morgan fingerprint density at radius 2 is 1.08 bits per heavy atom. The van der Waals surface area contributed by atoms with E-state index >= 15 is 0 Å². The van der Waals surface area contributed by atoms with Crippen molar-refractivity contribution >= 4 is 21.8 Å². The molecule has 0 aliphatic heterocycles. The summed E-state index contributed by atoms with van der Waals surface area (Å²) < 4.78 is 0. The van der Waals surface area contributed by atoms with Crippen molar-refractivity contribution in [1.82, 2.24) is 9.97 Å². The van der Waals surface area contributed by atoms with E-state index in [1.54, 1.807) is 0 Å². The SMILES string of the molecule is c1ccc2nc3c(cc2c1)[C@@H]1CC[C@H]3c2cc3ccccc3nc21. The molecule has 0 spiro atoms. The average molecular weight is 308 g/mol. The lowest BCUT2D eigenvalue weighted by molar-refractivity contribution is 0.500. The molecule has 2 bridgehead atoms. The Morgan fingerprint density at radius 3 is 1.58 bits per heavy atom. The molecular formula is C22H16N2. The zero-order chi connectivity index (χ0) is 15.7. The van der Waals surface area contributed by atoms with Crippen molar-refractivity contribution in [2.45, 2.75) is 24.7 Å². The van der Waals surface area contributed by atoms with Gasteiger partial charge in [-0.25, -0.2) is 0 Å². The molecule has 2 aromatic carbocycles. The van der Waals surface area contributed by atoms with E-state index in [4.69, 9.17) is 9.97 Å². The lowest BCUT2D eigenvalue weighted by atomic mass is 9.67. The Labute approximate surface area is 140 Å².